The van der Waals surface area contributed by atoms with Crippen LogP contribution in [-0.4, -0.2) is 30.9 Å². The van der Waals surface area contributed by atoms with Crippen molar-refractivity contribution in [2.75, 3.05) is 0 Å². The Morgan fingerprint density at radius 2 is 2.00 bits per heavy atom. The number of imidazole rings is 1. The van der Waals surface area contributed by atoms with Gasteiger partial charge < -0.3 is 10.3 Å². The Labute approximate surface area is 108 Å². The molecule has 0 bridgehead atoms. The van der Waals surface area contributed by atoms with Gasteiger partial charge in [-0.25, -0.2) is 4.98 Å². The predicted octanol–water partition coefficient (Wildman–Crippen LogP) is 0.756. The molecule has 0 radical (unpaired) electrons. The van der Waals surface area contributed by atoms with Crippen LogP contribution in [0.4, 0.5) is 0 Å². The van der Waals surface area contributed by atoms with E-state index in [9.17, 15) is 4.79 Å². The number of nitrogens with two attached hydrogens (primary N) is 1. The third-order valence-corrected chi connectivity index (χ3v) is 2.72. The molecule has 0 atom stereocenters. The first-order valence-corrected chi connectivity index (χ1v) is 5.55. The van der Waals surface area contributed by atoms with Crippen LogP contribution in [0.2, 0.25) is 0 Å². The highest BCUT2D eigenvalue weighted by molar-refractivity contribution is 5.96. The summed E-state index contributed by atoms with van der Waals surface area (Å²) < 4.78 is 1.88. The summed E-state index contributed by atoms with van der Waals surface area (Å²) >= 11 is 0. The number of H-pyrrole nitrogens is 1. The van der Waals surface area contributed by atoms with Crippen LogP contribution in [0, 0.1) is 0 Å². The van der Waals surface area contributed by atoms with Crippen LogP contribution in [-0.2, 0) is 0 Å². The highest BCUT2D eigenvalue weighted by Crippen LogP contribution is 2.20. The molecule has 3 N–H and O–H groups in total. The van der Waals surface area contributed by atoms with Gasteiger partial charge in [-0.1, -0.05) is 12.1 Å². The van der Waals surface area contributed by atoms with E-state index < -0.39 is 5.91 Å². The van der Waals surface area contributed by atoms with Crippen molar-refractivity contribution >= 4 is 5.91 Å². The summed E-state index contributed by atoms with van der Waals surface area (Å²) in [5.41, 5.74) is 7.55. The Morgan fingerprint density at radius 3 is 2.63 bits per heavy atom. The summed E-state index contributed by atoms with van der Waals surface area (Å²) in [7, 11) is 0. The average molecular weight is 254 g/mol. The minimum absolute atomic E-state index is 0.135. The van der Waals surface area contributed by atoms with Gasteiger partial charge in [-0.05, 0) is 12.1 Å². The summed E-state index contributed by atoms with van der Waals surface area (Å²) in [5, 5.41) is 10.1. The Hall–Kier alpha value is -2.96. The molecule has 2 heterocycles. The number of nitrogens with zero attached hydrogens (tertiary/aromatic N) is 4. The van der Waals surface area contributed by atoms with Crippen molar-refractivity contribution in [2.24, 2.45) is 5.73 Å². The second-order valence-electron chi connectivity index (χ2n) is 3.90. The summed E-state index contributed by atoms with van der Waals surface area (Å²) in [6.07, 6.45) is 5.26. The van der Waals surface area contributed by atoms with Crippen LogP contribution < -0.4 is 5.73 Å². The molecule has 0 aliphatic rings. The maximum Gasteiger partial charge on any atom is 0.271 e. The second kappa shape index (κ2) is 4.37. The number of hydrogen-bond acceptors (Lipinski definition) is 4. The van der Waals surface area contributed by atoms with Crippen molar-refractivity contribution in [3.63, 3.8) is 0 Å². The second-order valence-corrected chi connectivity index (χ2v) is 3.90. The number of primary amides is 1. The molecule has 0 fully saturated rings. The van der Waals surface area contributed by atoms with E-state index in [1.54, 1.807) is 12.5 Å². The monoisotopic (exact) mass is 254 g/mol. The lowest BCUT2D eigenvalue weighted by atomic mass is 10.1. The molecule has 0 aliphatic heterocycles. The largest absolute Gasteiger partial charge is 0.364 e. The highest BCUT2D eigenvalue weighted by Gasteiger charge is 2.14. The van der Waals surface area contributed by atoms with E-state index in [-0.39, 0.29) is 5.69 Å². The van der Waals surface area contributed by atoms with Gasteiger partial charge >= 0.3 is 0 Å². The van der Waals surface area contributed by atoms with E-state index in [1.807, 2.05) is 35.0 Å². The van der Waals surface area contributed by atoms with Gasteiger partial charge in [0.2, 0.25) is 0 Å². The Morgan fingerprint density at radius 1 is 1.21 bits per heavy atom. The van der Waals surface area contributed by atoms with Gasteiger partial charge in [0.15, 0.2) is 5.69 Å². The molecule has 0 spiro atoms. The molecule has 2 aromatic heterocycles. The summed E-state index contributed by atoms with van der Waals surface area (Å²) in [6.45, 7) is 0. The van der Waals surface area contributed by atoms with E-state index in [0.29, 0.717) is 5.69 Å². The van der Waals surface area contributed by atoms with E-state index in [0.717, 1.165) is 11.3 Å². The zero-order valence-corrected chi connectivity index (χ0v) is 9.82. The van der Waals surface area contributed by atoms with Crippen molar-refractivity contribution in [3.8, 4) is 16.9 Å². The number of nitrogens with one attached hydrogen (secondary N) is 1. The lowest BCUT2D eigenvalue weighted by Crippen LogP contribution is -2.12. The van der Waals surface area contributed by atoms with Crippen LogP contribution in [0.25, 0.3) is 16.9 Å². The maximum absolute atomic E-state index is 11.2. The molecule has 19 heavy (non-hydrogen) atoms. The van der Waals surface area contributed by atoms with Crippen molar-refractivity contribution < 1.29 is 4.79 Å². The number of carbonyl (C=O) groups excluding carboxylic acids is 1. The SMILES string of the molecule is NC(=O)c1n[nH]nc1-c1ccc(-n2ccnc2)cc1. The van der Waals surface area contributed by atoms with Crippen LogP contribution in [0.15, 0.2) is 43.0 Å². The molecule has 0 aliphatic carbocycles. The molecule has 0 saturated heterocycles. The van der Waals surface area contributed by atoms with Gasteiger partial charge in [-0.15, -0.1) is 0 Å². The summed E-state index contributed by atoms with van der Waals surface area (Å²) in [5.74, 6) is -0.609. The van der Waals surface area contributed by atoms with Gasteiger partial charge in [0.05, 0.1) is 6.33 Å². The Balaban J connectivity index is 1.99. The molecule has 94 valence electrons. The molecule has 0 saturated carbocycles. The summed E-state index contributed by atoms with van der Waals surface area (Å²) in [6, 6.07) is 7.49. The van der Waals surface area contributed by atoms with Crippen LogP contribution in [0.5, 0.6) is 0 Å². The van der Waals surface area contributed by atoms with Crippen LogP contribution >= 0.6 is 0 Å². The molecule has 3 rings (SSSR count). The van der Waals surface area contributed by atoms with Crippen LogP contribution in [0.3, 0.4) is 0 Å². The number of aromatic nitrogens is 5. The zero-order chi connectivity index (χ0) is 13.2. The fourth-order valence-electron chi connectivity index (χ4n) is 1.81. The van der Waals surface area contributed by atoms with Gasteiger partial charge in [0, 0.05) is 23.6 Å². The van der Waals surface area contributed by atoms with Crippen molar-refractivity contribution in [1.82, 2.24) is 25.0 Å². The van der Waals surface area contributed by atoms with Gasteiger partial charge in [0.1, 0.15) is 5.69 Å². The van der Waals surface area contributed by atoms with Crippen molar-refractivity contribution in [1.29, 1.82) is 0 Å². The van der Waals surface area contributed by atoms with E-state index in [4.69, 9.17) is 5.73 Å². The molecule has 7 nitrogen and oxygen atoms in total. The first kappa shape index (κ1) is 11.1. The van der Waals surface area contributed by atoms with E-state index in [2.05, 4.69) is 20.4 Å². The first-order valence-electron chi connectivity index (χ1n) is 5.55. The van der Waals surface area contributed by atoms with Gasteiger partial charge in [-0.2, -0.15) is 15.4 Å². The normalized spacial score (nSPS) is 10.5. The first-order chi connectivity index (χ1) is 9.25. The third-order valence-electron chi connectivity index (χ3n) is 2.72. The minimum Gasteiger partial charge on any atom is -0.364 e. The van der Waals surface area contributed by atoms with Crippen LogP contribution in [0.1, 0.15) is 10.5 Å². The number of aromatic amines is 1. The quantitative estimate of drug-likeness (QED) is 0.720. The third kappa shape index (κ3) is 1.97. The van der Waals surface area contributed by atoms with Crippen molar-refractivity contribution in [2.45, 2.75) is 0 Å². The molecule has 1 amide bonds. The van der Waals surface area contributed by atoms with Crippen molar-refractivity contribution in [3.05, 3.63) is 48.7 Å². The van der Waals surface area contributed by atoms with E-state index in [1.165, 1.54) is 0 Å². The molecular formula is C12H10N6O. The molecule has 1 aromatic carbocycles. The fraction of sp³-hybridized carbons (Fsp3) is 0. The predicted molar refractivity (Wildman–Crippen MR) is 67.5 cm³/mol. The summed E-state index contributed by atoms with van der Waals surface area (Å²) in [4.78, 5) is 15.2. The molecular weight excluding hydrogens is 244 g/mol. The smallest absolute Gasteiger partial charge is 0.271 e. The zero-order valence-electron chi connectivity index (χ0n) is 9.82. The van der Waals surface area contributed by atoms with Gasteiger partial charge in [0.25, 0.3) is 5.91 Å². The Kier molecular flexibility index (Phi) is 2.57. The molecule has 7 heteroatoms. The van der Waals surface area contributed by atoms with E-state index >= 15 is 0 Å². The topological polar surface area (TPSA) is 102 Å². The lowest BCUT2D eigenvalue weighted by molar-refractivity contribution is 0.0996. The molecule has 0 unspecified atom stereocenters. The maximum atomic E-state index is 11.2. The minimum atomic E-state index is -0.609. The Bertz CT molecular complexity index is 698. The standard InChI is InChI=1S/C12H10N6O/c13-12(19)11-10(15-17-16-11)8-1-3-9(4-2-8)18-6-5-14-7-18/h1-7H,(H2,13,19)(H,15,16,17). The number of amides is 1. The number of hydrogen-bond donors (Lipinski definition) is 2. The number of rotatable bonds is 3. The average Bonchev–Trinajstić information content (AvgIpc) is 3.10. The highest BCUT2D eigenvalue weighted by atomic mass is 16.1. The number of benzene rings is 1. The lowest BCUT2D eigenvalue weighted by Gasteiger charge is -2.03. The number of carbonyl (C=O) groups is 1. The fourth-order valence-corrected chi connectivity index (χ4v) is 1.81. The molecule has 3 aromatic rings. The van der Waals surface area contributed by atoms with Gasteiger partial charge in [-0.3, -0.25) is 4.79 Å².